The van der Waals surface area contributed by atoms with Gasteiger partial charge in [0.1, 0.15) is 29.3 Å². The van der Waals surface area contributed by atoms with Gasteiger partial charge in [-0.05, 0) is 36.1 Å². The van der Waals surface area contributed by atoms with E-state index in [1.807, 2.05) is 6.92 Å². The zero-order chi connectivity index (χ0) is 22.8. The lowest BCUT2D eigenvalue weighted by molar-refractivity contribution is 0.580. The van der Waals surface area contributed by atoms with Crippen LogP contribution in [0.25, 0.3) is 27.6 Å². The summed E-state index contributed by atoms with van der Waals surface area (Å²) in [6, 6.07) is 8.82. The third-order valence-electron chi connectivity index (χ3n) is 4.79. The van der Waals surface area contributed by atoms with E-state index in [-0.39, 0.29) is 11.1 Å². The van der Waals surface area contributed by atoms with Crippen LogP contribution in [0.3, 0.4) is 0 Å². The van der Waals surface area contributed by atoms with Gasteiger partial charge in [0.15, 0.2) is 11.5 Å². The van der Waals surface area contributed by atoms with E-state index in [2.05, 4.69) is 19.9 Å². The minimum absolute atomic E-state index is 0.0458. The number of H-pyrrole nitrogens is 1. The van der Waals surface area contributed by atoms with Crippen molar-refractivity contribution >= 4 is 27.8 Å². The first kappa shape index (κ1) is 21.0. The van der Waals surface area contributed by atoms with Crippen molar-refractivity contribution in [3.63, 3.8) is 0 Å². The number of imidazole rings is 1. The lowest BCUT2D eigenvalue weighted by Gasteiger charge is -2.14. The molecule has 0 aliphatic rings. The van der Waals surface area contributed by atoms with Crippen molar-refractivity contribution in [1.82, 2.24) is 24.5 Å². The number of aryl methyl sites for hydroxylation is 1. The van der Waals surface area contributed by atoms with Gasteiger partial charge in [-0.2, -0.15) is 0 Å². The number of halogens is 3. The molecule has 0 atom stereocenters. The van der Waals surface area contributed by atoms with Crippen molar-refractivity contribution in [3.05, 3.63) is 88.6 Å². The Morgan fingerprint density at radius 1 is 1.03 bits per heavy atom. The quantitative estimate of drug-likeness (QED) is 0.435. The highest BCUT2D eigenvalue weighted by atomic mass is 19.1. The predicted octanol–water partition coefficient (Wildman–Crippen LogP) is 3.91. The normalized spacial score (nSPS) is 10.9. The maximum absolute atomic E-state index is 14.0. The van der Waals surface area contributed by atoms with E-state index < -0.39 is 23.0 Å². The van der Waals surface area contributed by atoms with E-state index in [1.54, 1.807) is 12.1 Å². The van der Waals surface area contributed by atoms with Gasteiger partial charge >= 0.3 is 0 Å². The Hall–Kier alpha value is -4.21. The molecular weight excluding hydrogens is 421 g/mol. The topological polar surface area (TPSA) is 102 Å². The number of nitrogens with zero attached hydrogens (tertiary/aromatic N) is 4. The third-order valence-corrected chi connectivity index (χ3v) is 4.79. The first-order valence-electron chi connectivity index (χ1n) is 9.58. The van der Waals surface area contributed by atoms with Crippen molar-refractivity contribution in [2.75, 3.05) is 5.73 Å². The van der Waals surface area contributed by atoms with Crippen LogP contribution >= 0.6 is 0 Å². The molecule has 5 rings (SSSR count). The van der Waals surface area contributed by atoms with Crippen LogP contribution in [0.5, 0.6) is 0 Å². The number of anilines is 1. The number of hydrogen-bond donors (Lipinski definition) is 2. The molecule has 0 unspecified atom stereocenters. The smallest absolute Gasteiger partial charge is 0.266 e. The highest BCUT2D eigenvalue weighted by Crippen LogP contribution is 2.20. The summed E-state index contributed by atoms with van der Waals surface area (Å²) >= 11 is 0. The Balaban J connectivity index is 0.000000203. The van der Waals surface area contributed by atoms with Gasteiger partial charge in [0.2, 0.25) is 0 Å². The molecule has 0 aliphatic heterocycles. The Morgan fingerprint density at radius 3 is 2.47 bits per heavy atom. The molecule has 0 fully saturated rings. The van der Waals surface area contributed by atoms with Crippen molar-refractivity contribution in [3.8, 4) is 5.69 Å². The number of pyridine rings is 1. The minimum Gasteiger partial charge on any atom is -0.382 e. The minimum atomic E-state index is -0.794. The molecule has 2 aromatic carbocycles. The molecular formula is C22H17F3N6O. The maximum Gasteiger partial charge on any atom is 0.266 e. The number of rotatable bonds is 2. The number of hydrogen-bond acceptors (Lipinski definition) is 5. The van der Waals surface area contributed by atoms with Crippen LogP contribution in [-0.2, 0) is 6.42 Å². The van der Waals surface area contributed by atoms with Gasteiger partial charge in [-0.3, -0.25) is 9.36 Å². The molecule has 0 amide bonds. The summed E-state index contributed by atoms with van der Waals surface area (Å²) in [5, 5.41) is 0.374. The number of nitrogen functional groups attached to an aromatic ring is 1. The van der Waals surface area contributed by atoms with Crippen molar-refractivity contribution in [1.29, 1.82) is 0 Å². The average molecular weight is 438 g/mol. The molecule has 0 aliphatic carbocycles. The molecule has 0 saturated carbocycles. The van der Waals surface area contributed by atoms with Crippen LogP contribution < -0.4 is 11.3 Å². The molecule has 5 aromatic rings. The fourth-order valence-corrected chi connectivity index (χ4v) is 3.37. The standard InChI is InChI=1S/C17H12F3NO.C5H5N5/c1-2-13-6-10-4-3-5-15(20)16(10)17(22)21(13)14-8-11(18)7-12(19)9-14;6-4-3-5(9-1-7-3)10-2-8-4/h3-9H,2H2,1H3;1-2H,(H3,6,7,8,9,10). The van der Waals surface area contributed by atoms with Crippen LogP contribution in [0.2, 0.25) is 0 Å². The van der Waals surface area contributed by atoms with Crippen LogP contribution in [0.4, 0.5) is 19.0 Å². The number of nitrogens with two attached hydrogens (primary N) is 1. The molecule has 0 spiro atoms. The van der Waals surface area contributed by atoms with Crippen molar-refractivity contribution in [2.24, 2.45) is 0 Å². The van der Waals surface area contributed by atoms with Crippen LogP contribution in [-0.4, -0.2) is 24.5 Å². The molecule has 3 heterocycles. The van der Waals surface area contributed by atoms with Gasteiger partial charge in [-0.15, -0.1) is 0 Å². The zero-order valence-corrected chi connectivity index (χ0v) is 16.8. The molecule has 3 aromatic heterocycles. The van der Waals surface area contributed by atoms with Crippen LogP contribution in [0.15, 0.2) is 59.9 Å². The summed E-state index contributed by atoms with van der Waals surface area (Å²) in [5.74, 6) is -1.81. The van der Waals surface area contributed by atoms with Gasteiger partial charge in [-0.1, -0.05) is 19.1 Å². The highest BCUT2D eigenvalue weighted by molar-refractivity contribution is 5.83. The van der Waals surface area contributed by atoms with Crippen LogP contribution in [0.1, 0.15) is 12.6 Å². The van der Waals surface area contributed by atoms with Gasteiger partial charge in [0, 0.05) is 11.8 Å². The summed E-state index contributed by atoms with van der Waals surface area (Å²) in [7, 11) is 0. The summed E-state index contributed by atoms with van der Waals surface area (Å²) in [6.45, 7) is 1.81. The van der Waals surface area contributed by atoms with E-state index in [0.29, 0.717) is 34.5 Å². The molecule has 0 saturated heterocycles. The second-order valence-electron chi connectivity index (χ2n) is 6.82. The Labute approximate surface area is 179 Å². The second kappa shape index (κ2) is 8.50. The van der Waals surface area contributed by atoms with Crippen molar-refractivity contribution < 1.29 is 13.2 Å². The largest absolute Gasteiger partial charge is 0.382 e. The number of aromatic amines is 1. The first-order chi connectivity index (χ1) is 15.4. The third kappa shape index (κ3) is 3.89. The lowest BCUT2D eigenvalue weighted by atomic mass is 10.1. The van der Waals surface area contributed by atoms with E-state index in [1.165, 1.54) is 24.8 Å². The molecule has 3 N–H and O–H groups in total. The lowest BCUT2D eigenvalue weighted by Crippen LogP contribution is -2.23. The number of nitrogens with one attached hydrogen (secondary N) is 1. The molecule has 10 heteroatoms. The Kier molecular flexibility index (Phi) is 5.59. The second-order valence-corrected chi connectivity index (χ2v) is 6.82. The van der Waals surface area contributed by atoms with E-state index >= 15 is 0 Å². The Bertz CT molecular complexity index is 1470. The number of aromatic nitrogens is 5. The highest BCUT2D eigenvalue weighted by Gasteiger charge is 2.14. The Morgan fingerprint density at radius 2 is 1.78 bits per heavy atom. The van der Waals surface area contributed by atoms with Gasteiger partial charge in [0.25, 0.3) is 5.56 Å². The van der Waals surface area contributed by atoms with Gasteiger partial charge in [-0.25, -0.2) is 28.1 Å². The zero-order valence-electron chi connectivity index (χ0n) is 16.8. The molecule has 0 bridgehead atoms. The SMILES string of the molecule is CCc1cc2cccc(F)c2c(=O)n1-c1cc(F)cc(F)c1.Nc1ncnc2nc[nH]c12. The molecule has 0 radical (unpaired) electrons. The molecule has 32 heavy (non-hydrogen) atoms. The van der Waals surface area contributed by atoms with E-state index in [4.69, 9.17) is 5.73 Å². The summed E-state index contributed by atoms with van der Waals surface area (Å²) in [5.41, 5.74) is 6.75. The predicted molar refractivity (Wildman–Crippen MR) is 115 cm³/mol. The van der Waals surface area contributed by atoms with Gasteiger partial charge < -0.3 is 10.7 Å². The number of fused-ring (bicyclic) bond motifs is 2. The van der Waals surface area contributed by atoms with E-state index in [0.717, 1.165) is 22.8 Å². The first-order valence-corrected chi connectivity index (χ1v) is 9.58. The molecule has 7 nitrogen and oxygen atoms in total. The average Bonchev–Trinajstić information content (AvgIpc) is 3.23. The molecule has 162 valence electrons. The van der Waals surface area contributed by atoms with E-state index in [9.17, 15) is 18.0 Å². The monoisotopic (exact) mass is 438 g/mol. The fourth-order valence-electron chi connectivity index (χ4n) is 3.37. The van der Waals surface area contributed by atoms with Crippen LogP contribution in [0, 0.1) is 17.5 Å². The van der Waals surface area contributed by atoms with Gasteiger partial charge in [0.05, 0.1) is 17.4 Å². The fraction of sp³-hybridized carbons (Fsp3) is 0.0909. The number of benzene rings is 2. The maximum atomic E-state index is 14.0. The van der Waals surface area contributed by atoms with Crippen molar-refractivity contribution in [2.45, 2.75) is 13.3 Å². The summed E-state index contributed by atoms with van der Waals surface area (Å²) in [4.78, 5) is 27.0. The summed E-state index contributed by atoms with van der Waals surface area (Å²) < 4.78 is 42.0. The summed E-state index contributed by atoms with van der Waals surface area (Å²) in [6.07, 6.45) is 3.38.